The molecular formula is C25H19FN2O. The van der Waals surface area contributed by atoms with Crippen molar-refractivity contribution in [1.29, 1.82) is 0 Å². The summed E-state index contributed by atoms with van der Waals surface area (Å²) in [5.41, 5.74) is 9.13. The number of hydrogen-bond acceptors (Lipinski definition) is 3. The van der Waals surface area contributed by atoms with E-state index in [9.17, 15) is 9.18 Å². The summed E-state index contributed by atoms with van der Waals surface area (Å²) in [5.74, 6) is -0.137. The van der Waals surface area contributed by atoms with E-state index >= 15 is 0 Å². The number of halogens is 1. The van der Waals surface area contributed by atoms with Gasteiger partial charge in [0, 0.05) is 41.4 Å². The minimum absolute atomic E-state index is 0.130. The van der Waals surface area contributed by atoms with Crippen molar-refractivity contribution in [2.75, 3.05) is 0 Å². The van der Waals surface area contributed by atoms with Gasteiger partial charge in [0.25, 0.3) is 0 Å². The zero-order chi connectivity index (χ0) is 20.0. The lowest BCUT2D eigenvalue weighted by Crippen LogP contribution is -2.15. The summed E-state index contributed by atoms with van der Waals surface area (Å²) >= 11 is 0. The van der Waals surface area contributed by atoms with Crippen molar-refractivity contribution in [2.45, 2.75) is 26.3 Å². The zero-order valence-electron chi connectivity index (χ0n) is 16.1. The maximum absolute atomic E-state index is 13.2. The summed E-state index contributed by atoms with van der Waals surface area (Å²) in [7, 11) is 0. The number of aromatic nitrogens is 1. The summed E-state index contributed by atoms with van der Waals surface area (Å²) in [6, 6.07) is 14.7. The third kappa shape index (κ3) is 3.31. The fourth-order valence-electron chi connectivity index (χ4n) is 4.07. The molecule has 0 N–H and O–H groups in total. The highest BCUT2D eigenvalue weighted by molar-refractivity contribution is 6.16. The maximum atomic E-state index is 13.2. The van der Waals surface area contributed by atoms with Crippen molar-refractivity contribution >= 4 is 17.6 Å². The molecule has 0 saturated carbocycles. The van der Waals surface area contributed by atoms with E-state index in [-0.39, 0.29) is 11.6 Å². The molecule has 0 atom stereocenters. The lowest BCUT2D eigenvalue weighted by atomic mass is 9.85. The van der Waals surface area contributed by atoms with Crippen LogP contribution in [0.2, 0.25) is 0 Å². The van der Waals surface area contributed by atoms with Crippen LogP contribution in [0.15, 0.2) is 65.3 Å². The first kappa shape index (κ1) is 17.7. The number of Topliss-reactive ketones (excluding diaryl/α,β-unsaturated/α-hetero) is 1. The molecule has 0 unspecified atom stereocenters. The third-order valence-corrected chi connectivity index (χ3v) is 5.54. The third-order valence-electron chi connectivity index (χ3n) is 5.54. The van der Waals surface area contributed by atoms with Gasteiger partial charge < -0.3 is 0 Å². The number of allylic oxidation sites excluding steroid dienone is 1. The number of fused-ring (bicyclic) bond motifs is 2. The number of aryl methyl sites for hydroxylation is 1. The molecule has 1 aliphatic carbocycles. The lowest BCUT2D eigenvalue weighted by molar-refractivity contribution is -0.115. The Hall–Kier alpha value is -3.40. The van der Waals surface area contributed by atoms with E-state index in [2.05, 4.69) is 17.1 Å². The van der Waals surface area contributed by atoms with Crippen LogP contribution in [-0.4, -0.2) is 16.5 Å². The largest absolute Gasteiger partial charge is 0.294 e. The summed E-state index contributed by atoms with van der Waals surface area (Å²) in [4.78, 5) is 21.7. The molecule has 0 spiro atoms. The summed E-state index contributed by atoms with van der Waals surface area (Å²) in [5, 5.41) is 0. The van der Waals surface area contributed by atoms with Crippen molar-refractivity contribution in [2.24, 2.45) is 4.99 Å². The highest BCUT2D eigenvalue weighted by Crippen LogP contribution is 2.31. The molecule has 0 bridgehead atoms. The van der Waals surface area contributed by atoms with Gasteiger partial charge in [-0.25, -0.2) is 4.39 Å². The fourth-order valence-corrected chi connectivity index (χ4v) is 4.07. The van der Waals surface area contributed by atoms with Crippen molar-refractivity contribution in [3.8, 4) is 0 Å². The first-order chi connectivity index (χ1) is 14.1. The number of benzene rings is 2. The van der Waals surface area contributed by atoms with Crippen LogP contribution in [0, 0.1) is 12.7 Å². The molecule has 4 heteroatoms. The standard InChI is InChI=1S/C25H19FN2O/c1-15-8-17(6-7-27-15)25-23-12-18-10-20(9-16-2-4-22(26)5-3-16)24(29)13-19(18)11-21(23)14-28-25/h2-8,10-12H,9,13-14H2,1H3. The van der Waals surface area contributed by atoms with Crippen LogP contribution in [-0.2, 0) is 24.2 Å². The fraction of sp³-hybridized carbons (Fsp3) is 0.160. The van der Waals surface area contributed by atoms with Gasteiger partial charge in [0.05, 0.1) is 12.3 Å². The Labute approximate surface area is 168 Å². The molecule has 0 fully saturated rings. The van der Waals surface area contributed by atoms with Gasteiger partial charge in [-0.15, -0.1) is 0 Å². The Morgan fingerprint density at radius 1 is 1.03 bits per heavy atom. The van der Waals surface area contributed by atoms with Crippen LogP contribution in [0.3, 0.4) is 0 Å². The van der Waals surface area contributed by atoms with Crippen LogP contribution in [0.1, 0.15) is 39.1 Å². The monoisotopic (exact) mass is 382 g/mol. The average molecular weight is 382 g/mol. The van der Waals surface area contributed by atoms with Gasteiger partial charge in [-0.05, 0) is 65.6 Å². The highest BCUT2D eigenvalue weighted by atomic mass is 19.1. The van der Waals surface area contributed by atoms with Crippen LogP contribution in [0.5, 0.6) is 0 Å². The van der Waals surface area contributed by atoms with Crippen molar-refractivity contribution in [1.82, 2.24) is 4.98 Å². The Bertz CT molecular complexity index is 1210. The van der Waals surface area contributed by atoms with E-state index in [1.165, 1.54) is 12.1 Å². The van der Waals surface area contributed by atoms with Gasteiger partial charge in [-0.2, -0.15) is 0 Å². The second-order valence-corrected chi connectivity index (χ2v) is 7.63. The van der Waals surface area contributed by atoms with Crippen LogP contribution in [0.4, 0.5) is 4.39 Å². The maximum Gasteiger partial charge on any atom is 0.163 e. The van der Waals surface area contributed by atoms with E-state index in [4.69, 9.17) is 4.99 Å². The Morgan fingerprint density at radius 2 is 1.86 bits per heavy atom. The second kappa shape index (κ2) is 6.89. The molecule has 0 saturated heterocycles. The zero-order valence-corrected chi connectivity index (χ0v) is 16.1. The molecule has 1 aliphatic heterocycles. The van der Waals surface area contributed by atoms with Crippen molar-refractivity contribution in [3.05, 3.63) is 105 Å². The minimum atomic E-state index is -0.267. The van der Waals surface area contributed by atoms with E-state index in [0.717, 1.165) is 50.4 Å². The lowest BCUT2D eigenvalue weighted by Gasteiger charge is -2.18. The van der Waals surface area contributed by atoms with Gasteiger partial charge in [0.1, 0.15) is 5.82 Å². The summed E-state index contributed by atoms with van der Waals surface area (Å²) in [6.45, 7) is 2.61. The number of carbonyl (C=O) groups excluding carboxylic acids is 1. The predicted octanol–water partition coefficient (Wildman–Crippen LogP) is 4.63. The molecule has 0 radical (unpaired) electrons. The number of aliphatic imine (C=N–C) groups is 1. The normalized spacial score (nSPS) is 14.9. The number of rotatable bonds is 3. The number of nitrogens with zero attached hydrogens (tertiary/aromatic N) is 2. The number of pyridine rings is 1. The van der Waals surface area contributed by atoms with E-state index < -0.39 is 0 Å². The van der Waals surface area contributed by atoms with E-state index in [1.54, 1.807) is 12.1 Å². The average Bonchev–Trinajstić information content (AvgIpc) is 3.11. The SMILES string of the molecule is Cc1cc(C2=NCc3cc4c(cc32)C=C(Cc2ccc(F)cc2)C(=O)C4)ccn1. The van der Waals surface area contributed by atoms with Gasteiger partial charge in [0.2, 0.25) is 0 Å². The van der Waals surface area contributed by atoms with Gasteiger partial charge in [-0.3, -0.25) is 14.8 Å². The molecule has 142 valence electrons. The van der Waals surface area contributed by atoms with Gasteiger partial charge >= 0.3 is 0 Å². The number of ketones is 1. The molecular weight excluding hydrogens is 363 g/mol. The molecule has 29 heavy (non-hydrogen) atoms. The van der Waals surface area contributed by atoms with Crippen LogP contribution >= 0.6 is 0 Å². The quantitative estimate of drug-likeness (QED) is 0.663. The molecule has 3 nitrogen and oxygen atoms in total. The Balaban J connectivity index is 1.51. The van der Waals surface area contributed by atoms with Crippen molar-refractivity contribution in [3.63, 3.8) is 0 Å². The molecule has 2 heterocycles. The number of hydrogen-bond donors (Lipinski definition) is 0. The number of carbonyl (C=O) groups is 1. The summed E-state index contributed by atoms with van der Waals surface area (Å²) in [6.07, 6.45) is 4.71. The molecule has 2 aliphatic rings. The molecule has 3 aromatic rings. The van der Waals surface area contributed by atoms with Gasteiger partial charge in [0.15, 0.2) is 5.78 Å². The Morgan fingerprint density at radius 3 is 2.66 bits per heavy atom. The van der Waals surface area contributed by atoms with Gasteiger partial charge in [-0.1, -0.05) is 18.2 Å². The van der Waals surface area contributed by atoms with Crippen LogP contribution in [0.25, 0.3) is 6.08 Å². The van der Waals surface area contributed by atoms with Crippen LogP contribution < -0.4 is 0 Å². The first-order valence-corrected chi connectivity index (χ1v) is 9.69. The summed E-state index contributed by atoms with van der Waals surface area (Å²) < 4.78 is 13.2. The smallest absolute Gasteiger partial charge is 0.163 e. The molecule has 0 amide bonds. The van der Waals surface area contributed by atoms with E-state index in [0.29, 0.717) is 19.4 Å². The predicted molar refractivity (Wildman–Crippen MR) is 112 cm³/mol. The highest BCUT2D eigenvalue weighted by Gasteiger charge is 2.24. The first-order valence-electron chi connectivity index (χ1n) is 9.69. The molecule has 1 aromatic heterocycles. The second-order valence-electron chi connectivity index (χ2n) is 7.63. The Kier molecular flexibility index (Phi) is 4.20. The minimum Gasteiger partial charge on any atom is -0.294 e. The molecule has 5 rings (SSSR count). The van der Waals surface area contributed by atoms with E-state index in [1.807, 2.05) is 31.3 Å². The van der Waals surface area contributed by atoms with Crippen molar-refractivity contribution < 1.29 is 9.18 Å². The molecule has 2 aromatic carbocycles. The topological polar surface area (TPSA) is 42.3 Å².